The van der Waals surface area contributed by atoms with E-state index in [9.17, 15) is 4.39 Å². The lowest BCUT2D eigenvalue weighted by atomic mass is 9.84. The number of rotatable bonds is 4. The Balaban J connectivity index is 1.85. The second-order valence-corrected chi connectivity index (χ2v) is 5.04. The van der Waals surface area contributed by atoms with Crippen LogP contribution >= 0.6 is 0 Å². The van der Waals surface area contributed by atoms with Gasteiger partial charge in [0.1, 0.15) is 18.5 Å². The zero-order valence-electron chi connectivity index (χ0n) is 11.1. The maximum absolute atomic E-state index is 13.1. The summed E-state index contributed by atoms with van der Waals surface area (Å²) in [4.78, 5) is 5.56. The van der Waals surface area contributed by atoms with Gasteiger partial charge in [-0.15, -0.1) is 5.10 Å². The highest BCUT2D eigenvalue weighted by Crippen LogP contribution is 2.32. The summed E-state index contributed by atoms with van der Waals surface area (Å²) in [5.74, 6) is 0.256. The van der Waals surface area contributed by atoms with E-state index in [0.717, 1.165) is 24.8 Å². The van der Waals surface area contributed by atoms with E-state index in [1.165, 1.54) is 18.5 Å². The lowest BCUT2D eigenvalue weighted by molar-refractivity contribution is 0.389. The molecule has 4 nitrogen and oxygen atoms in total. The van der Waals surface area contributed by atoms with Crippen LogP contribution in [-0.4, -0.2) is 14.9 Å². The van der Waals surface area contributed by atoms with E-state index in [2.05, 4.69) is 27.7 Å². The van der Waals surface area contributed by atoms with Gasteiger partial charge in [-0.25, -0.2) is 9.37 Å². The highest BCUT2D eigenvalue weighted by atomic mass is 19.1. The first-order valence-corrected chi connectivity index (χ1v) is 6.84. The van der Waals surface area contributed by atoms with Crippen molar-refractivity contribution < 1.29 is 4.39 Å². The van der Waals surface area contributed by atoms with E-state index in [0.29, 0.717) is 5.92 Å². The molecule has 1 heterocycles. The largest absolute Gasteiger partial charge is 0.301 e. The summed E-state index contributed by atoms with van der Waals surface area (Å²) in [5, 5.41) is 4.10. The molecule has 0 fully saturated rings. The highest BCUT2D eigenvalue weighted by molar-refractivity contribution is 5.23. The normalized spacial score (nSPS) is 19.8. The van der Waals surface area contributed by atoms with Gasteiger partial charge in [-0.05, 0) is 42.9 Å². The Bertz CT molecular complexity index is 562. The summed E-state index contributed by atoms with van der Waals surface area (Å²) < 4.78 is 13.1. The number of nitrogens with one attached hydrogen (secondary N) is 1. The van der Waals surface area contributed by atoms with Gasteiger partial charge in [-0.2, -0.15) is 4.79 Å². The van der Waals surface area contributed by atoms with Crippen LogP contribution < -0.4 is 5.43 Å². The maximum atomic E-state index is 13.1. The monoisotopic (exact) mass is 272 g/mol. The third-order valence-corrected chi connectivity index (χ3v) is 3.70. The number of hydrogen-bond donors (Lipinski definition) is 1. The number of hydrogen-bond acceptors (Lipinski definition) is 3. The molecule has 0 radical (unpaired) electrons. The highest BCUT2D eigenvalue weighted by Gasteiger charge is 2.24. The molecule has 0 aliphatic heterocycles. The van der Waals surface area contributed by atoms with Gasteiger partial charge >= 0.3 is 0 Å². The quantitative estimate of drug-likeness (QED) is 0.870. The Kier molecular flexibility index (Phi) is 3.76. The molecule has 1 aliphatic carbocycles. The van der Waals surface area contributed by atoms with Gasteiger partial charge in [0, 0.05) is 0 Å². The topological polar surface area (TPSA) is 42.7 Å². The van der Waals surface area contributed by atoms with Gasteiger partial charge < -0.3 is 5.43 Å². The Hall–Kier alpha value is -2.17. The first-order valence-electron chi connectivity index (χ1n) is 6.84. The Morgan fingerprint density at radius 2 is 2.10 bits per heavy atom. The molecule has 0 amide bonds. The number of halogens is 1. The van der Waals surface area contributed by atoms with Crippen LogP contribution in [0.2, 0.25) is 0 Å². The van der Waals surface area contributed by atoms with Gasteiger partial charge in [0.25, 0.3) is 0 Å². The SMILES string of the molecule is Fc1ccc(C(Nn2cncn2)C2CC=CCC2)cc1. The number of aromatic nitrogens is 3. The van der Waals surface area contributed by atoms with Crippen molar-refractivity contribution in [2.75, 3.05) is 5.43 Å². The second-order valence-electron chi connectivity index (χ2n) is 5.04. The minimum atomic E-state index is -0.211. The van der Waals surface area contributed by atoms with Gasteiger partial charge in [0.2, 0.25) is 0 Å². The minimum Gasteiger partial charge on any atom is -0.301 e. The number of benzene rings is 1. The van der Waals surface area contributed by atoms with Crippen molar-refractivity contribution in [2.45, 2.75) is 25.3 Å². The molecule has 2 aromatic rings. The molecule has 1 N–H and O–H groups in total. The predicted octanol–water partition coefficient (Wildman–Crippen LogP) is 3.06. The summed E-state index contributed by atoms with van der Waals surface area (Å²) in [6, 6.07) is 6.78. The third kappa shape index (κ3) is 2.87. The Morgan fingerprint density at radius 1 is 1.25 bits per heavy atom. The standard InChI is InChI=1S/C15H17FN4/c16-14-8-6-13(7-9-14)15(12-4-2-1-3-5-12)19-20-11-17-10-18-20/h1-2,6-12,15,19H,3-5H2. The van der Waals surface area contributed by atoms with Crippen LogP contribution in [0.15, 0.2) is 49.1 Å². The van der Waals surface area contributed by atoms with Crippen LogP contribution in [0.5, 0.6) is 0 Å². The molecule has 1 aromatic carbocycles. The molecule has 0 saturated carbocycles. The molecule has 1 aromatic heterocycles. The first-order chi connectivity index (χ1) is 9.83. The van der Waals surface area contributed by atoms with E-state index >= 15 is 0 Å². The average molecular weight is 272 g/mol. The van der Waals surface area contributed by atoms with Crippen molar-refractivity contribution >= 4 is 0 Å². The van der Waals surface area contributed by atoms with Crippen molar-refractivity contribution in [1.82, 2.24) is 14.9 Å². The summed E-state index contributed by atoms with van der Waals surface area (Å²) >= 11 is 0. The summed E-state index contributed by atoms with van der Waals surface area (Å²) in [7, 11) is 0. The molecular formula is C15H17FN4. The first kappa shape index (κ1) is 12.8. The van der Waals surface area contributed by atoms with Crippen LogP contribution in [0, 0.1) is 11.7 Å². The van der Waals surface area contributed by atoms with Crippen LogP contribution in [-0.2, 0) is 0 Å². The third-order valence-electron chi connectivity index (χ3n) is 3.70. The molecule has 0 spiro atoms. The minimum absolute atomic E-state index is 0.0993. The molecule has 1 aliphatic rings. The summed E-state index contributed by atoms with van der Waals surface area (Å²) in [6.07, 6.45) is 10.8. The lowest BCUT2D eigenvalue weighted by Gasteiger charge is -2.29. The molecule has 2 unspecified atom stereocenters. The fourth-order valence-electron chi connectivity index (χ4n) is 2.66. The van der Waals surface area contributed by atoms with Gasteiger partial charge in [0.05, 0.1) is 6.04 Å². The van der Waals surface area contributed by atoms with Crippen molar-refractivity contribution in [3.05, 3.63) is 60.5 Å². The van der Waals surface area contributed by atoms with Crippen LogP contribution in [0.3, 0.4) is 0 Å². The smallest absolute Gasteiger partial charge is 0.139 e. The maximum Gasteiger partial charge on any atom is 0.139 e. The number of allylic oxidation sites excluding steroid dienone is 2. The van der Waals surface area contributed by atoms with E-state index < -0.39 is 0 Å². The second kappa shape index (κ2) is 5.86. The zero-order chi connectivity index (χ0) is 13.8. The molecular weight excluding hydrogens is 255 g/mol. The van der Waals surface area contributed by atoms with Crippen LogP contribution in [0.4, 0.5) is 4.39 Å². The van der Waals surface area contributed by atoms with Crippen molar-refractivity contribution in [3.8, 4) is 0 Å². The van der Waals surface area contributed by atoms with Gasteiger partial charge in [-0.3, -0.25) is 0 Å². The fourth-order valence-corrected chi connectivity index (χ4v) is 2.66. The molecule has 0 saturated heterocycles. The van der Waals surface area contributed by atoms with E-state index in [4.69, 9.17) is 0 Å². The van der Waals surface area contributed by atoms with E-state index in [-0.39, 0.29) is 11.9 Å². The lowest BCUT2D eigenvalue weighted by Crippen LogP contribution is -2.28. The van der Waals surface area contributed by atoms with Gasteiger partial charge in [0.15, 0.2) is 0 Å². The predicted molar refractivity (Wildman–Crippen MR) is 75.0 cm³/mol. The molecule has 5 heteroatoms. The van der Waals surface area contributed by atoms with Crippen molar-refractivity contribution in [2.24, 2.45) is 5.92 Å². The summed E-state index contributed by atoms with van der Waals surface area (Å²) in [5.41, 5.74) is 4.42. The summed E-state index contributed by atoms with van der Waals surface area (Å²) in [6.45, 7) is 0. The van der Waals surface area contributed by atoms with Crippen molar-refractivity contribution in [3.63, 3.8) is 0 Å². The fraction of sp³-hybridized carbons (Fsp3) is 0.333. The Labute approximate surface area is 117 Å². The molecule has 3 rings (SSSR count). The van der Waals surface area contributed by atoms with Gasteiger partial charge in [-0.1, -0.05) is 24.3 Å². The Morgan fingerprint density at radius 3 is 2.75 bits per heavy atom. The van der Waals surface area contributed by atoms with Crippen LogP contribution in [0.25, 0.3) is 0 Å². The molecule has 20 heavy (non-hydrogen) atoms. The molecule has 104 valence electrons. The van der Waals surface area contributed by atoms with Crippen LogP contribution in [0.1, 0.15) is 30.9 Å². The van der Waals surface area contributed by atoms with Crippen molar-refractivity contribution in [1.29, 1.82) is 0 Å². The molecule has 2 atom stereocenters. The van der Waals surface area contributed by atoms with E-state index in [1.807, 2.05) is 12.1 Å². The van der Waals surface area contributed by atoms with E-state index in [1.54, 1.807) is 11.1 Å². The zero-order valence-corrected chi connectivity index (χ0v) is 11.1. The number of nitrogens with zero attached hydrogens (tertiary/aromatic N) is 3. The molecule has 0 bridgehead atoms. The average Bonchev–Trinajstić information content (AvgIpc) is 3.00.